The van der Waals surface area contributed by atoms with Crippen LogP contribution in [0.2, 0.25) is 0 Å². The zero-order chi connectivity index (χ0) is 27.0. The second-order valence-electron chi connectivity index (χ2n) is 8.15. The van der Waals surface area contributed by atoms with Crippen molar-refractivity contribution in [2.45, 2.75) is 24.9 Å². The Morgan fingerprint density at radius 2 is 2.26 bits per heavy atom. The topological polar surface area (TPSA) is 192 Å². The van der Waals surface area contributed by atoms with Gasteiger partial charge in [-0.15, -0.1) is 11.8 Å². The molecule has 0 saturated carbocycles. The Labute approximate surface area is 223 Å². The summed E-state index contributed by atoms with van der Waals surface area (Å²) in [6, 6.07) is 4.55. The fraction of sp³-hybridized carbons (Fsp3) is 0.273. The molecule has 3 aromatic heterocycles. The van der Waals surface area contributed by atoms with Crippen LogP contribution in [-0.4, -0.2) is 71.0 Å². The highest BCUT2D eigenvalue weighted by Gasteiger charge is 2.54. The summed E-state index contributed by atoms with van der Waals surface area (Å²) in [4.78, 5) is 48.5. The van der Waals surface area contributed by atoms with Crippen LogP contribution in [0, 0.1) is 11.3 Å². The molecule has 2 atom stereocenters. The van der Waals surface area contributed by atoms with Crippen LogP contribution in [-0.2, 0) is 25.8 Å². The molecule has 194 valence electrons. The molecule has 2 amide bonds. The van der Waals surface area contributed by atoms with Gasteiger partial charge in [-0.2, -0.15) is 14.6 Å². The average molecular weight is 555 g/mol. The molecule has 2 aliphatic rings. The molecule has 1 saturated heterocycles. The minimum Gasteiger partial charge on any atom is -0.477 e. The van der Waals surface area contributed by atoms with Crippen LogP contribution in [0.4, 0.5) is 5.13 Å². The predicted molar refractivity (Wildman–Crippen MR) is 134 cm³/mol. The van der Waals surface area contributed by atoms with E-state index in [1.165, 1.54) is 16.7 Å². The molecular formula is C22H20N9O5S2+. The van der Waals surface area contributed by atoms with Crippen molar-refractivity contribution in [1.82, 2.24) is 24.0 Å². The number of carboxylic acid groups (broad SMARTS) is 1. The van der Waals surface area contributed by atoms with Gasteiger partial charge in [-0.05, 0) is 13.0 Å². The van der Waals surface area contributed by atoms with E-state index in [2.05, 4.69) is 25.9 Å². The number of imidazole rings is 1. The molecule has 5 heterocycles. The zero-order valence-corrected chi connectivity index (χ0v) is 21.4. The Hall–Kier alpha value is -4.49. The second-order valence-corrected chi connectivity index (χ2v) is 10.0. The van der Waals surface area contributed by atoms with E-state index < -0.39 is 29.2 Å². The van der Waals surface area contributed by atoms with Gasteiger partial charge in [-0.3, -0.25) is 14.5 Å². The fourth-order valence-electron chi connectivity index (χ4n) is 4.17. The van der Waals surface area contributed by atoms with E-state index in [-0.39, 0.29) is 35.5 Å². The first kappa shape index (κ1) is 25.2. The number of pyridine rings is 1. The van der Waals surface area contributed by atoms with E-state index >= 15 is 0 Å². The third-order valence-electron chi connectivity index (χ3n) is 5.84. The summed E-state index contributed by atoms with van der Waals surface area (Å²) in [6.45, 7) is 2.10. The molecule has 0 bridgehead atoms. The van der Waals surface area contributed by atoms with Crippen molar-refractivity contribution < 1.29 is 28.9 Å². The molecule has 14 nitrogen and oxygen atoms in total. The van der Waals surface area contributed by atoms with Crippen molar-refractivity contribution in [3.63, 3.8) is 0 Å². The second kappa shape index (κ2) is 10.1. The molecule has 5 rings (SSSR count). The van der Waals surface area contributed by atoms with E-state index in [0.29, 0.717) is 16.9 Å². The summed E-state index contributed by atoms with van der Waals surface area (Å²) in [5.74, 6) is -2.25. The predicted octanol–water partition coefficient (Wildman–Crippen LogP) is -0.288. The van der Waals surface area contributed by atoms with Crippen LogP contribution in [0.3, 0.4) is 0 Å². The summed E-state index contributed by atoms with van der Waals surface area (Å²) in [6.07, 6.45) is 5.22. The SMILES string of the molecule is CCO/N=C(/C(=O)NC1C(=O)N2C(C(=O)O)=C(C[n+]3ccn4cc(C#N)ccc43)CSC12)c1nsc(N)n1. The van der Waals surface area contributed by atoms with Crippen LogP contribution < -0.4 is 15.6 Å². The number of nitrogens with zero attached hydrogens (tertiary/aromatic N) is 7. The number of β-lactam (4-membered cyclic amide) rings is 1. The molecule has 0 radical (unpaired) electrons. The molecule has 2 unspecified atom stereocenters. The van der Waals surface area contributed by atoms with Crippen LogP contribution in [0.25, 0.3) is 5.65 Å². The number of rotatable bonds is 8. The number of aliphatic carboxylic acids is 1. The van der Waals surface area contributed by atoms with Crippen molar-refractivity contribution in [3.05, 3.63) is 53.4 Å². The van der Waals surface area contributed by atoms with Gasteiger partial charge in [0.05, 0.1) is 5.56 Å². The number of aromatic nitrogens is 4. The molecule has 2 aliphatic heterocycles. The summed E-state index contributed by atoms with van der Waals surface area (Å²) in [7, 11) is 0. The van der Waals surface area contributed by atoms with E-state index in [1.54, 1.807) is 42.0 Å². The molecular weight excluding hydrogens is 534 g/mol. The monoisotopic (exact) mass is 554 g/mol. The Morgan fingerprint density at radius 1 is 1.45 bits per heavy atom. The third kappa shape index (κ3) is 4.41. The largest absolute Gasteiger partial charge is 0.477 e. The lowest BCUT2D eigenvalue weighted by Crippen LogP contribution is -2.71. The van der Waals surface area contributed by atoms with Crippen LogP contribution >= 0.6 is 23.3 Å². The number of carbonyl (C=O) groups is 3. The molecule has 38 heavy (non-hydrogen) atoms. The number of carbonyl (C=O) groups excluding carboxylic acids is 2. The Morgan fingerprint density at radius 3 is 2.95 bits per heavy atom. The average Bonchev–Trinajstić information content (AvgIpc) is 3.52. The third-order valence-corrected chi connectivity index (χ3v) is 7.72. The zero-order valence-electron chi connectivity index (χ0n) is 19.8. The Bertz CT molecular complexity index is 1570. The minimum atomic E-state index is -1.24. The smallest absolute Gasteiger partial charge is 0.352 e. The van der Waals surface area contributed by atoms with Gasteiger partial charge in [0.15, 0.2) is 5.13 Å². The highest BCUT2D eigenvalue weighted by Crippen LogP contribution is 2.40. The van der Waals surface area contributed by atoms with Crippen molar-refractivity contribution >= 4 is 57.6 Å². The summed E-state index contributed by atoms with van der Waals surface area (Å²) in [5, 5.41) is 25.0. The molecule has 4 N–H and O–H groups in total. The number of anilines is 1. The Balaban J connectivity index is 1.37. The van der Waals surface area contributed by atoms with Gasteiger partial charge in [-0.1, -0.05) is 5.16 Å². The first-order chi connectivity index (χ1) is 18.3. The van der Waals surface area contributed by atoms with Crippen LogP contribution in [0.1, 0.15) is 18.3 Å². The van der Waals surface area contributed by atoms with Crippen molar-refractivity contribution in [2.24, 2.45) is 5.16 Å². The van der Waals surface area contributed by atoms with Gasteiger partial charge in [0.1, 0.15) is 54.9 Å². The van der Waals surface area contributed by atoms with Gasteiger partial charge in [-0.25, -0.2) is 13.8 Å². The van der Waals surface area contributed by atoms with Crippen molar-refractivity contribution in [2.75, 3.05) is 18.1 Å². The maximum Gasteiger partial charge on any atom is 0.352 e. The van der Waals surface area contributed by atoms with Crippen LogP contribution in [0.15, 0.2) is 47.1 Å². The minimum absolute atomic E-state index is 0.0366. The van der Waals surface area contributed by atoms with Crippen molar-refractivity contribution in [3.8, 4) is 6.07 Å². The van der Waals surface area contributed by atoms with E-state index in [1.807, 2.05) is 4.57 Å². The number of hydrogen-bond donors (Lipinski definition) is 3. The lowest BCUT2D eigenvalue weighted by atomic mass is 10.0. The lowest BCUT2D eigenvalue weighted by molar-refractivity contribution is -0.662. The van der Waals surface area contributed by atoms with Crippen LogP contribution in [0.5, 0.6) is 0 Å². The van der Waals surface area contributed by atoms with Gasteiger partial charge in [0, 0.05) is 28.9 Å². The Kier molecular flexibility index (Phi) is 6.70. The molecule has 0 spiro atoms. The number of oxime groups is 1. The molecule has 0 aliphatic carbocycles. The summed E-state index contributed by atoms with van der Waals surface area (Å²) < 4.78 is 7.59. The summed E-state index contributed by atoms with van der Waals surface area (Å²) in [5.41, 5.74) is 7.06. The normalized spacial score (nSPS) is 19.1. The number of nitriles is 1. The number of amides is 2. The molecule has 0 aromatic carbocycles. The van der Waals surface area contributed by atoms with Gasteiger partial charge in [0.2, 0.25) is 11.5 Å². The van der Waals surface area contributed by atoms with Gasteiger partial charge >= 0.3 is 5.97 Å². The van der Waals surface area contributed by atoms with E-state index in [9.17, 15) is 19.5 Å². The number of nitrogens with two attached hydrogens (primary N) is 1. The van der Waals surface area contributed by atoms with E-state index in [0.717, 1.165) is 17.2 Å². The van der Waals surface area contributed by atoms with Gasteiger partial charge < -0.3 is 21.0 Å². The van der Waals surface area contributed by atoms with Gasteiger partial charge in [0.25, 0.3) is 17.5 Å². The number of thioether (sulfide) groups is 1. The maximum atomic E-state index is 13.1. The highest BCUT2D eigenvalue weighted by molar-refractivity contribution is 8.00. The molecule has 16 heteroatoms. The maximum absolute atomic E-state index is 13.1. The molecule has 3 aromatic rings. The quantitative estimate of drug-likeness (QED) is 0.144. The molecule has 1 fully saturated rings. The number of hydrogen-bond acceptors (Lipinski definition) is 11. The number of carboxylic acids is 1. The summed E-state index contributed by atoms with van der Waals surface area (Å²) >= 11 is 2.22. The first-order valence-corrected chi connectivity index (χ1v) is 13.0. The van der Waals surface area contributed by atoms with E-state index in [4.69, 9.17) is 15.8 Å². The number of fused-ring (bicyclic) bond motifs is 2. The standard InChI is InChI=1S/C22H19N9O5S2/c1-2-36-27-14(17-26-22(24)38-28-17)18(32)25-15-19(33)31-16(21(34)35)12(10-37-20(15)31)9-30-6-5-29-8-11(7-23)3-4-13(29)30/h3-6,8,15,20H,2,9-10H2,1H3,(H3-,24,25,26,28,32,34,35)/p+1/b27-14+. The first-order valence-electron chi connectivity index (χ1n) is 11.2. The number of nitrogen functional groups attached to an aromatic ring is 1. The lowest BCUT2D eigenvalue weighted by Gasteiger charge is -2.49. The number of nitrogens with one attached hydrogen (secondary N) is 1. The fourth-order valence-corrected chi connectivity index (χ4v) is 5.94. The highest BCUT2D eigenvalue weighted by atomic mass is 32.2. The van der Waals surface area contributed by atoms with Crippen molar-refractivity contribution in [1.29, 1.82) is 5.26 Å².